The topological polar surface area (TPSA) is 105 Å². The Morgan fingerprint density at radius 3 is 2.15 bits per heavy atom. The highest BCUT2D eigenvalue weighted by Crippen LogP contribution is 2.44. The van der Waals surface area contributed by atoms with Crippen LogP contribution in [0.15, 0.2) is 103 Å². The van der Waals surface area contributed by atoms with E-state index >= 15 is 0 Å². The van der Waals surface area contributed by atoms with Gasteiger partial charge in [0.2, 0.25) is 5.91 Å². The molecule has 0 bridgehead atoms. The molecule has 4 aromatic carbocycles. The maximum Gasteiger partial charge on any atom is 0.338 e. The van der Waals surface area contributed by atoms with Crippen molar-refractivity contribution in [3.05, 3.63) is 131 Å². The smallest absolute Gasteiger partial charge is 0.338 e. The molecular weight excluding hydrogens is 600 g/mol. The molecule has 1 unspecified atom stereocenters. The first-order valence-electron chi connectivity index (χ1n) is 15.5. The Morgan fingerprint density at radius 1 is 0.826 bits per heavy atom. The molecule has 9 heteroatoms. The van der Waals surface area contributed by atoms with E-state index in [2.05, 4.69) is 29.7 Å². The second-order valence-electron chi connectivity index (χ2n) is 11.5. The molecule has 8 nitrogen and oxygen atoms in total. The number of fused-ring (bicyclic) bond motifs is 3. The Balaban J connectivity index is 0.991. The molecule has 1 saturated heterocycles. The maximum atomic E-state index is 13.4. The van der Waals surface area contributed by atoms with E-state index in [1.807, 2.05) is 66.7 Å². The van der Waals surface area contributed by atoms with Gasteiger partial charge in [0.15, 0.2) is 0 Å². The van der Waals surface area contributed by atoms with Gasteiger partial charge in [-0.3, -0.25) is 4.79 Å². The van der Waals surface area contributed by atoms with Gasteiger partial charge in [-0.15, -0.1) is 0 Å². The number of hydrogen-bond donors (Lipinski definition) is 2. The van der Waals surface area contributed by atoms with E-state index in [9.17, 15) is 19.6 Å². The number of likely N-dealkylation sites (tertiary alicyclic amines) is 1. The van der Waals surface area contributed by atoms with Crippen LogP contribution in [0.3, 0.4) is 0 Å². The van der Waals surface area contributed by atoms with Gasteiger partial charge in [0.1, 0.15) is 25.3 Å². The van der Waals surface area contributed by atoms with Gasteiger partial charge in [0.25, 0.3) is 0 Å². The summed E-state index contributed by atoms with van der Waals surface area (Å²) in [5.74, 6) is -0.332. The fourth-order valence-electron chi connectivity index (χ4n) is 6.18. The Labute approximate surface area is 272 Å². The predicted octanol–water partition coefficient (Wildman–Crippen LogP) is 5.97. The van der Waals surface area contributed by atoms with Crippen molar-refractivity contribution >= 4 is 29.6 Å². The molecule has 2 aliphatic rings. The number of ether oxygens (including phenoxy) is 2. The number of rotatable bonds is 12. The molecule has 1 fully saturated rings. The highest BCUT2D eigenvalue weighted by Gasteiger charge is 2.39. The molecule has 0 aromatic heterocycles. The molecule has 2 atom stereocenters. The molecule has 2 N–H and O–H groups in total. The zero-order chi connectivity index (χ0) is 31.9. The fraction of sp³-hybridized carbons (Fsp3) is 0.270. The molecule has 0 radical (unpaired) electrons. The van der Waals surface area contributed by atoms with Gasteiger partial charge in [0, 0.05) is 24.0 Å². The normalized spacial score (nSPS) is 16.0. The molecule has 1 amide bonds. The highest BCUT2D eigenvalue weighted by atomic mass is 32.2. The summed E-state index contributed by atoms with van der Waals surface area (Å²) in [5, 5.41) is 9.86. The number of esters is 2. The number of carbonyl (C=O) groups excluding carboxylic acids is 3. The van der Waals surface area contributed by atoms with E-state index in [-0.39, 0.29) is 25.0 Å². The van der Waals surface area contributed by atoms with Crippen LogP contribution in [0.1, 0.15) is 51.4 Å². The zero-order valence-corrected chi connectivity index (χ0v) is 26.2. The Hall–Kier alpha value is -4.44. The van der Waals surface area contributed by atoms with E-state index in [4.69, 9.17) is 9.47 Å². The van der Waals surface area contributed by atoms with Crippen molar-refractivity contribution in [3.8, 4) is 11.1 Å². The van der Waals surface area contributed by atoms with Crippen molar-refractivity contribution in [2.75, 3.05) is 18.9 Å². The lowest BCUT2D eigenvalue weighted by atomic mass is 9.98. The summed E-state index contributed by atoms with van der Waals surface area (Å²) in [6, 6.07) is 31.4. The van der Waals surface area contributed by atoms with Crippen LogP contribution in [0.4, 0.5) is 0 Å². The molecule has 4 aromatic rings. The zero-order valence-electron chi connectivity index (χ0n) is 25.3. The Morgan fingerprint density at radius 2 is 1.48 bits per heavy atom. The fourth-order valence-corrected chi connectivity index (χ4v) is 7.18. The first-order chi connectivity index (χ1) is 22.5. The van der Waals surface area contributed by atoms with Crippen molar-refractivity contribution in [1.29, 1.82) is 0 Å². The molecule has 46 heavy (non-hydrogen) atoms. The van der Waals surface area contributed by atoms with Crippen molar-refractivity contribution in [1.82, 2.24) is 10.4 Å². The summed E-state index contributed by atoms with van der Waals surface area (Å²) in [4.78, 5) is 40.7. The third-order valence-electron chi connectivity index (χ3n) is 8.57. The number of nitrogens with one attached hydrogen (secondary N) is 1. The van der Waals surface area contributed by atoms with Crippen LogP contribution in [0.5, 0.6) is 0 Å². The van der Waals surface area contributed by atoms with E-state index in [1.54, 1.807) is 12.1 Å². The number of thioether (sulfide) groups is 1. The summed E-state index contributed by atoms with van der Waals surface area (Å²) in [6.45, 7) is 0.838. The lowest BCUT2D eigenvalue weighted by Gasteiger charge is -2.27. The van der Waals surface area contributed by atoms with Gasteiger partial charge in [-0.25, -0.2) is 9.59 Å². The summed E-state index contributed by atoms with van der Waals surface area (Å²) in [5.41, 5.74) is 9.08. The standard InChI is InChI=1S/C37H36N2O6S/c40-35(33(38-43)24-46-23-26-16-18-27(19-17-26)36(41)44-21-25-9-2-1-3-10-25)39-20-8-15-34(39)37(42)45-22-32-30-13-6-4-11-28(30)29-12-5-7-14-31(29)32/h1-7,9-14,16-19,32-34,38,43H,8,15,20-24H2/t33?,34-/m0/s1. The van der Waals surface area contributed by atoms with Gasteiger partial charge in [-0.05, 0) is 58.4 Å². The first kappa shape index (κ1) is 31.5. The van der Waals surface area contributed by atoms with Crippen molar-refractivity contribution in [2.45, 2.75) is 43.2 Å². The largest absolute Gasteiger partial charge is 0.463 e. The van der Waals surface area contributed by atoms with Crippen LogP contribution in [0.25, 0.3) is 11.1 Å². The monoisotopic (exact) mass is 636 g/mol. The minimum atomic E-state index is -0.876. The second kappa shape index (κ2) is 14.8. The minimum Gasteiger partial charge on any atom is -0.463 e. The Bertz CT molecular complexity index is 1630. The number of hydrogen-bond acceptors (Lipinski definition) is 8. The van der Waals surface area contributed by atoms with Gasteiger partial charge in [-0.1, -0.05) is 91.0 Å². The summed E-state index contributed by atoms with van der Waals surface area (Å²) in [6.07, 6.45) is 1.21. The van der Waals surface area contributed by atoms with Crippen LogP contribution in [0, 0.1) is 0 Å². The van der Waals surface area contributed by atoms with Gasteiger partial charge in [0.05, 0.1) is 5.56 Å². The van der Waals surface area contributed by atoms with Gasteiger partial charge >= 0.3 is 11.9 Å². The van der Waals surface area contributed by atoms with Crippen LogP contribution >= 0.6 is 11.8 Å². The third-order valence-corrected chi connectivity index (χ3v) is 9.68. The predicted molar refractivity (Wildman–Crippen MR) is 176 cm³/mol. The SMILES string of the molecule is O=C(OCc1ccccc1)c1ccc(CSCC(NO)C(=O)N2CCC[C@H]2C(=O)OCC2c3ccccc3-c3ccccc32)cc1. The van der Waals surface area contributed by atoms with E-state index in [1.165, 1.54) is 16.7 Å². The summed E-state index contributed by atoms with van der Waals surface area (Å²) < 4.78 is 11.3. The molecule has 1 aliphatic heterocycles. The molecule has 1 heterocycles. The van der Waals surface area contributed by atoms with E-state index in [0.29, 0.717) is 36.5 Å². The molecule has 0 saturated carbocycles. The lowest BCUT2D eigenvalue weighted by molar-refractivity contribution is -0.154. The van der Waals surface area contributed by atoms with Crippen LogP contribution in [-0.2, 0) is 31.4 Å². The van der Waals surface area contributed by atoms with Crippen LogP contribution in [-0.4, -0.2) is 58.9 Å². The Kier molecular flexibility index (Phi) is 10.1. The number of carbonyl (C=O) groups is 3. The number of hydroxylamine groups is 1. The van der Waals surface area contributed by atoms with Crippen LogP contribution in [0.2, 0.25) is 0 Å². The van der Waals surface area contributed by atoms with Crippen molar-refractivity contribution in [2.24, 2.45) is 0 Å². The molecule has 0 spiro atoms. The van der Waals surface area contributed by atoms with Crippen molar-refractivity contribution < 1.29 is 29.1 Å². The molecule has 236 valence electrons. The van der Waals surface area contributed by atoms with Gasteiger partial charge < -0.3 is 19.6 Å². The lowest BCUT2D eigenvalue weighted by Crippen LogP contribution is -2.51. The van der Waals surface area contributed by atoms with Crippen LogP contribution < -0.4 is 5.48 Å². The van der Waals surface area contributed by atoms with E-state index < -0.39 is 24.0 Å². The molecule has 1 aliphatic carbocycles. The number of nitrogens with zero attached hydrogens (tertiary/aromatic N) is 1. The average Bonchev–Trinajstić information content (AvgIpc) is 3.72. The third kappa shape index (κ3) is 7.02. The van der Waals surface area contributed by atoms with Crippen molar-refractivity contribution in [3.63, 3.8) is 0 Å². The quantitative estimate of drug-likeness (QED) is 0.145. The maximum absolute atomic E-state index is 13.4. The second-order valence-corrected chi connectivity index (χ2v) is 12.5. The molecular formula is C37H36N2O6S. The minimum absolute atomic E-state index is 0.0563. The summed E-state index contributed by atoms with van der Waals surface area (Å²) in [7, 11) is 0. The van der Waals surface area contributed by atoms with Gasteiger partial charge in [-0.2, -0.15) is 17.2 Å². The first-order valence-corrected chi connectivity index (χ1v) is 16.6. The number of benzene rings is 4. The average molecular weight is 637 g/mol. The number of amides is 1. The highest BCUT2D eigenvalue weighted by molar-refractivity contribution is 7.98. The summed E-state index contributed by atoms with van der Waals surface area (Å²) >= 11 is 1.47. The van der Waals surface area contributed by atoms with E-state index in [0.717, 1.165) is 33.4 Å². The molecule has 6 rings (SSSR count).